The lowest BCUT2D eigenvalue weighted by atomic mass is 9.89. The Morgan fingerprint density at radius 3 is 2.12 bits per heavy atom. The van der Waals surface area contributed by atoms with Crippen molar-refractivity contribution >= 4 is 11.6 Å². The van der Waals surface area contributed by atoms with Crippen LogP contribution in [0.15, 0.2) is 24.3 Å². The van der Waals surface area contributed by atoms with Crippen LogP contribution in [0.5, 0.6) is 0 Å². The molecule has 0 saturated heterocycles. The molecule has 88 valence electrons. The third-order valence-corrected chi connectivity index (χ3v) is 3.81. The minimum Gasteiger partial charge on any atom is -0.388 e. The van der Waals surface area contributed by atoms with Crippen molar-refractivity contribution in [1.29, 1.82) is 0 Å². The van der Waals surface area contributed by atoms with Crippen molar-refractivity contribution in [3.63, 3.8) is 0 Å². The Morgan fingerprint density at radius 1 is 1.00 bits per heavy atom. The zero-order valence-electron chi connectivity index (χ0n) is 9.53. The highest BCUT2D eigenvalue weighted by molar-refractivity contribution is 6.30. The Hall–Kier alpha value is -0.530. The molecule has 1 atom stereocenters. The summed E-state index contributed by atoms with van der Waals surface area (Å²) in [6.45, 7) is 0. The smallest absolute Gasteiger partial charge is 0.0818 e. The van der Waals surface area contributed by atoms with Crippen molar-refractivity contribution in [2.24, 2.45) is 5.92 Å². The predicted molar refractivity (Wildman–Crippen MR) is 67.6 cm³/mol. The zero-order valence-corrected chi connectivity index (χ0v) is 10.3. The molecule has 16 heavy (non-hydrogen) atoms. The fourth-order valence-corrected chi connectivity index (χ4v) is 2.68. The highest BCUT2D eigenvalue weighted by Crippen LogP contribution is 2.33. The van der Waals surface area contributed by atoms with Crippen LogP contribution in [-0.4, -0.2) is 5.11 Å². The summed E-state index contributed by atoms with van der Waals surface area (Å²) in [7, 11) is 0. The third-order valence-electron chi connectivity index (χ3n) is 3.56. The molecule has 1 aromatic carbocycles. The van der Waals surface area contributed by atoms with Gasteiger partial charge in [-0.25, -0.2) is 0 Å². The quantitative estimate of drug-likeness (QED) is 0.760. The molecule has 2 rings (SSSR count). The van der Waals surface area contributed by atoms with Gasteiger partial charge >= 0.3 is 0 Å². The van der Waals surface area contributed by atoms with E-state index in [0.29, 0.717) is 5.92 Å². The van der Waals surface area contributed by atoms with Gasteiger partial charge in [0.1, 0.15) is 0 Å². The largest absolute Gasteiger partial charge is 0.388 e. The first-order valence-corrected chi connectivity index (χ1v) is 6.59. The van der Waals surface area contributed by atoms with Gasteiger partial charge in [0, 0.05) is 5.02 Å². The molecular weight excluding hydrogens is 220 g/mol. The Balaban J connectivity index is 2.04. The van der Waals surface area contributed by atoms with Gasteiger partial charge in [-0.05, 0) is 36.5 Å². The number of hydrogen-bond acceptors (Lipinski definition) is 1. The van der Waals surface area contributed by atoms with E-state index in [1.54, 1.807) is 0 Å². The maximum absolute atomic E-state index is 10.3. The molecule has 1 nitrogen and oxygen atoms in total. The Kier molecular flexibility index (Phi) is 4.25. The van der Waals surface area contributed by atoms with Crippen LogP contribution in [-0.2, 0) is 0 Å². The van der Waals surface area contributed by atoms with Crippen LogP contribution in [0.3, 0.4) is 0 Å². The van der Waals surface area contributed by atoms with Gasteiger partial charge in [0.05, 0.1) is 6.10 Å². The first kappa shape index (κ1) is 11.9. The van der Waals surface area contributed by atoms with Crippen LogP contribution in [0, 0.1) is 5.92 Å². The van der Waals surface area contributed by atoms with Crippen molar-refractivity contribution in [2.45, 2.75) is 44.6 Å². The van der Waals surface area contributed by atoms with E-state index >= 15 is 0 Å². The normalized spacial score (nSPS) is 20.4. The van der Waals surface area contributed by atoms with E-state index in [2.05, 4.69) is 0 Å². The highest BCUT2D eigenvalue weighted by atomic mass is 35.5. The summed E-state index contributed by atoms with van der Waals surface area (Å²) in [4.78, 5) is 0. The van der Waals surface area contributed by atoms with Crippen LogP contribution in [0.2, 0.25) is 5.02 Å². The van der Waals surface area contributed by atoms with Gasteiger partial charge in [0.2, 0.25) is 0 Å². The van der Waals surface area contributed by atoms with Crippen molar-refractivity contribution in [2.75, 3.05) is 0 Å². The summed E-state index contributed by atoms with van der Waals surface area (Å²) < 4.78 is 0. The zero-order chi connectivity index (χ0) is 11.4. The van der Waals surface area contributed by atoms with E-state index in [-0.39, 0.29) is 6.10 Å². The number of halogens is 1. The fourth-order valence-electron chi connectivity index (χ4n) is 2.56. The molecule has 0 aromatic heterocycles. The molecule has 0 heterocycles. The summed E-state index contributed by atoms with van der Waals surface area (Å²) in [5.41, 5.74) is 1.01. The van der Waals surface area contributed by atoms with Crippen LogP contribution in [0.4, 0.5) is 0 Å². The molecule has 1 saturated carbocycles. The van der Waals surface area contributed by atoms with E-state index < -0.39 is 0 Å². The third kappa shape index (κ3) is 2.99. The van der Waals surface area contributed by atoms with E-state index in [9.17, 15) is 5.11 Å². The van der Waals surface area contributed by atoms with Gasteiger partial charge in [0.15, 0.2) is 0 Å². The molecule has 1 aromatic rings. The second-order valence-electron chi connectivity index (χ2n) is 4.75. The van der Waals surface area contributed by atoms with Gasteiger partial charge in [-0.3, -0.25) is 0 Å². The van der Waals surface area contributed by atoms with Crippen LogP contribution < -0.4 is 0 Å². The molecule has 1 fully saturated rings. The fraction of sp³-hybridized carbons (Fsp3) is 0.571. The van der Waals surface area contributed by atoms with Crippen LogP contribution in [0.25, 0.3) is 0 Å². The van der Waals surface area contributed by atoms with Gasteiger partial charge < -0.3 is 5.11 Å². The van der Waals surface area contributed by atoms with Crippen molar-refractivity contribution in [3.8, 4) is 0 Å². The molecule has 0 radical (unpaired) electrons. The minimum absolute atomic E-state index is 0.310. The van der Waals surface area contributed by atoms with Crippen molar-refractivity contribution in [1.82, 2.24) is 0 Å². The lowest BCUT2D eigenvalue weighted by Gasteiger charge is -2.21. The minimum atomic E-state index is -0.310. The number of aliphatic hydroxyl groups excluding tert-OH is 1. The molecule has 0 aliphatic heterocycles. The summed E-state index contributed by atoms with van der Waals surface area (Å²) >= 11 is 5.85. The molecule has 0 bridgehead atoms. The van der Waals surface area contributed by atoms with E-state index in [1.165, 1.54) is 25.7 Å². The number of benzene rings is 1. The molecule has 1 N–H and O–H groups in total. The van der Waals surface area contributed by atoms with Crippen LogP contribution in [0.1, 0.15) is 50.2 Å². The summed E-state index contributed by atoms with van der Waals surface area (Å²) in [5.74, 6) is 0.434. The Labute approximate surface area is 102 Å². The number of rotatable bonds is 2. The highest BCUT2D eigenvalue weighted by Gasteiger charge is 2.21. The van der Waals surface area contributed by atoms with Gasteiger partial charge in [-0.15, -0.1) is 0 Å². The number of hydrogen-bond donors (Lipinski definition) is 1. The second-order valence-corrected chi connectivity index (χ2v) is 5.18. The molecule has 2 heteroatoms. The molecule has 1 aliphatic rings. The summed E-state index contributed by atoms with van der Waals surface area (Å²) in [6.07, 6.45) is 7.17. The molecule has 0 unspecified atom stereocenters. The van der Waals surface area contributed by atoms with Gasteiger partial charge in [-0.1, -0.05) is 49.4 Å². The van der Waals surface area contributed by atoms with E-state index in [1.807, 2.05) is 24.3 Å². The SMILES string of the molecule is O[C@H](c1ccc(Cl)cc1)C1CCCCCC1. The predicted octanol–water partition coefficient (Wildman–Crippen LogP) is 4.34. The summed E-state index contributed by atoms with van der Waals surface area (Å²) in [5, 5.41) is 11.1. The monoisotopic (exact) mass is 238 g/mol. The van der Waals surface area contributed by atoms with Gasteiger partial charge in [-0.2, -0.15) is 0 Å². The van der Waals surface area contributed by atoms with Crippen LogP contribution >= 0.6 is 11.6 Å². The molecule has 0 spiro atoms. The topological polar surface area (TPSA) is 20.2 Å². The Bertz CT molecular complexity index is 312. The molecule has 1 aliphatic carbocycles. The lowest BCUT2D eigenvalue weighted by Crippen LogP contribution is -2.11. The second kappa shape index (κ2) is 5.70. The maximum atomic E-state index is 10.3. The van der Waals surface area contributed by atoms with Crippen molar-refractivity contribution in [3.05, 3.63) is 34.9 Å². The average Bonchev–Trinajstić information content (AvgIpc) is 2.57. The van der Waals surface area contributed by atoms with E-state index in [4.69, 9.17) is 11.6 Å². The molecule has 0 amide bonds. The maximum Gasteiger partial charge on any atom is 0.0818 e. The standard InChI is InChI=1S/C14H19ClO/c15-13-9-7-12(8-10-13)14(16)11-5-3-1-2-4-6-11/h7-11,14,16H,1-6H2/t14-/m0/s1. The summed E-state index contributed by atoms with van der Waals surface area (Å²) in [6, 6.07) is 7.60. The lowest BCUT2D eigenvalue weighted by molar-refractivity contribution is 0.0988. The van der Waals surface area contributed by atoms with Gasteiger partial charge in [0.25, 0.3) is 0 Å². The van der Waals surface area contributed by atoms with Crippen molar-refractivity contribution < 1.29 is 5.11 Å². The number of aliphatic hydroxyl groups is 1. The van der Waals surface area contributed by atoms with E-state index in [0.717, 1.165) is 23.4 Å². The first-order valence-electron chi connectivity index (χ1n) is 6.21. The first-order chi connectivity index (χ1) is 7.77. The molecular formula is C14H19ClO. The Morgan fingerprint density at radius 2 is 1.56 bits per heavy atom. The average molecular weight is 239 g/mol.